The molecule has 1 atom stereocenters. The van der Waals surface area contributed by atoms with Crippen molar-refractivity contribution in [2.75, 3.05) is 0 Å². The highest BCUT2D eigenvalue weighted by molar-refractivity contribution is 6.74. The molecule has 0 spiro atoms. The summed E-state index contributed by atoms with van der Waals surface area (Å²) >= 11 is 0. The Morgan fingerprint density at radius 1 is 0.879 bits per heavy atom. The van der Waals surface area contributed by atoms with E-state index < -0.39 is 14.4 Å². The molecule has 0 aliphatic carbocycles. The average molecular weight is 460 g/mol. The van der Waals surface area contributed by atoms with Crippen LogP contribution in [0.2, 0.25) is 18.1 Å². The second-order valence-corrected chi connectivity index (χ2v) is 14.8. The number of aromatic amines is 1. The Kier molecular flexibility index (Phi) is 6.37. The van der Waals surface area contributed by atoms with Crippen molar-refractivity contribution in [2.24, 2.45) is 0 Å². The van der Waals surface area contributed by atoms with Crippen LogP contribution in [-0.2, 0) is 6.61 Å². The Morgan fingerprint density at radius 2 is 1.55 bits per heavy atom. The molecule has 0 aliphatic rings. The fourth-order valence-corrected chi connectivity index (χ4v) is 4.48. The second-order valence-electron chi connectivity index (χ2n) is 10.1. The summed E-state index contributed by atoms with van der Waals surface area (Å²) in [6.07, 6.45) is -0.745. The maximum atomic E-state index is 11.0. The van der Waals surface area contributed by atoms with Gasteiger partial charge >= 0.3 is 0 Å². The zero-order chi connectivity index (χ0) is 23.6. The van der Waals surface area contributed by atoms with Gasteiger partial charge in [0, 0.05) is 16.6 Å². The summed E-state index contributed by atoms with van der Waals surface area (Å²) in [5.74, 6) is 1.66. The molecule has 172 valence electrons. The Balaban J connectivity index is 1.47. The fraction of sp³-hybridized carbons (Fsp3) is 0.286. The standard InChI is InChI=1S/C28H33NO3Si/c1-28(2,3)33(4,5)32-24-15-16-25-22(17-24)18-26(29-25)27(30)21-11-13-23(14-12-21)31-19-20-9-7-6-8-10-20/h6-18,27,29-30H,19H2,1-5H3. The smallest absolute Gasteiger partial charge is 0.250 e. The third-order valence-corrected chi connectivity index (χ3v) is 10.9. The van der Waals surface area contributed by atoms with E-state index in [1.54, 1.807) is 0 Å². The van der Waals surface area contributed by atoms with E-state index in [0.29, 0.717) is 6.61 Å². The molecule has 4 nitrogen and oxygen atoms in total. The fourth-order valence-electron chi connectivity index (χ4n) is 3.46. The number of rotatable bonds is 7. The molecule has 0 aliphatic heterocycles. The summed E-state index contributed by atoms with van der Waals surface area (Å²) in [5.41, 5.74) is 3.67. The molecule has 0 amide bonds. The van der Waals surface area contributed by atoms with Crippen molar-refractivity contribution < 1.29 is 14.3 Å². The molecule has 3 aromatic carbocycles. The van der Waals surface area contributed by atoms with Crippen molar-refractivity contribution in [3.8, 4) is 11.5 Å². The third kappa shape index (κ3) is 5.32. The molecule has 5 heteroatoms. The van der Waals surface area contributed by atoms with Crippen LogP contribution in [0.1, 0.15) is 43.7 Å². The molecule has 4 rings (SSSR count). The molecule has 1 aromatic heterocycles. The molecule has 0 radical (unpaired) electrons. The van der Waals surface area contributed by atoms with Crippen molar-refractivity contribution in [2.45, 2.75) is 51.6 Å². The van der Waals surface area contributed by atoms with E-state index in [-0.39, 0.29) is 5.04 Å². The van der Waals surface area contributed by atoms with E-state index in [1.165, 1.54) is 0 Å². The van der Waals surface area contributed by atoms with E-state index in [4.69, 9.17) is 9.16 Å². The van der Waals surface area contributed by atoms with Gasteiger partial charge in [-0.1, -0.05) is 63.2 Å². The molecule has 0 saturated carbocycles. The Hall–Kier alpha value is -3.02. The van der Waals surface area contributed by atoms with Crippen LogP contribution in [-0.4, -0.2) is 18.4 Å². The van der Waals surface area contributed by atoms with Gasteiger partial charge in [0.15, 0.2) is 0 Å². The Morgan fingerprint density at radius 3 is 2.21 bits per heavy atom. The van der Waals surface area contributed by atoms with Gasteiger partial charge in [-0.15, -0.1) is 0 Å². The predicted molar refractivity (Wildman–Crippen MR) is 137 cm³/mol. The number of aliphatic hydroxyl groups is 1. The molecule has 0 fully saturated rings. The number of H-pyrrole nitrogens is 1. The molecule has 0 bridgehead atoms. The lowest BCUT2D eigenvalue weighted by Gasteiger charge is -2.36. The summed E-state index contributed by atoms with van der Waals surface area (Å²) in [5, 5.41) is 12.1. The average Bonchev–Trinajstić information content (AvgIpc) is 3.21. The predicted octanol–water partition coefficient (Wildman–Crippen LogP) is 7.21. The third-order valence-electron chi connectivity index (χ3n) is 6.53. The first-order valence-electron chi connectivity index (χ1n) is 11.4. The number of ether oxygens (including phenoxy) is 1. The van der Waals surface area contributed by atoms with Gasteiger partial charge in [-0.25, -0.2) is 0 Å². The minimum Gasteiger partial charge on any atom is -0.543 e. The zero-order valence-corrected chi connectivity index (χ0v) is 21.1. The van der Waals surface area contributed by atoms with Crippen LogP contribution in [0.15, 0.2) is 78.9 Å². The van der Waals surface area contributed by atoms with Gasteiger partial charge in [0.1, 0.15) is 24.2 Å². The maximum absolute atomic E-state index is 11.0. The van der Waals surface area contributed by atoms with Gasteiger partial charge in [0.2, 0.25) is 8.32 Å². The monoisotopic (exact) mass is 459 g/mol. The van der Waals surface area contributed by atoms with Gasteiger partial charge in [-0.05, 0) is 65.7 Å². The number of hydrogen-bond acceptors (Lipinski definition) is 3. The number of aromatic nitrogens is 1. The first kappa shape index (κ1) is 23.1. The lowest BCUT2D eigenvalue weighted by Crippen LogP contribution is -2.43. The lowest BCUT2D eigenvalue weighted by atomic mass is 10.1. The van der Waals surface area contributed by atoms with Crippen molar-refractivity contribution >= 4 is 19.2 Å². The molecule has 4 aromatic rings. The molecule has 1 heterocycles. The Bertz CT molecular complexity index is 1210. The van der Waals surface area contributed by atoms with Gasteiger partial charge < -0.3 is 19.3 Å². The molecular formula is C28H33NO3Si. The second kappa shape index (κ2) is 9.08. The summed E-state index contributed by atoms with van der Waals surface area (Å²) < 4.78 is 12.3. The van der Waals surface area contributed by atoms with Gasteiger partial charge in [0.05, 0.1) is 0 Å². The minimum atomic E-state index is -1.91. The Labute approximate surface area is 197 Å². The van der Waals surface area contributed by atoms with E-state index in [0.717, 1.165) is 39.2 Å². The molecule has 33 heavy (non-hydrogen) atoms. The molecule has 2 N–H and O–H groups in total. The number of hydrogen-bond donors (Lipinski definition) is 2. The van der Waals surface area contributed by atoms with E-state index in [1.807, 2.05) is 72.8 Å². The molecule has 1 unspecified atom stereocenters. The summed E-state index contributed by atoms with van der Waals surface area (Å²) in [6.45, 7) is 11.7. The lowest BCUT2D eigenvalue weighted by molar-refractivity contribution is 0.216. The normalized spacial score (nSPS) is 13.2. The van der Waals surface area contributed by atoms with Crippen molar-refractivity contribution in [1.29, 1.82) is 0 Å². The quantitative estimate of drug-likeness (QED) is 0.287. The van der Waals surface area contributed by atoms with Crippen LogP contribution in [0.3, 0.4) is 0 Å². The van der Waals surface area contributed by atoms with E-state index in [2.05, 4.69) is 44.9 Å². The van der Waals surface area contributed by atoms with Crippen LogP contribution in [0.4, 0.5) is 0 Å². The highest BCUT2D eigenvalue weighted by Crippen LogP contribution is 2.38. The highest BCUT2D eigenvalue weighted by Gasteiger charge is 2.39. The minimum absolute atomic E-state index is 0.137. The summed E-state index contributed by atoms with van der Waals surface area (Å²) in [7, 11) is -1.91. The largest absolute Gasteiger partial charge is 0.543 e. The van der Waals surface area contributed by atoms with E-state index in [9.17, 15) is 5.11 Å². The van der Waals surface area contributed by atoms with Crippen molar-refractivity contribution in [1.82, 2.24) is 4.98 Å². The maximum Gasteiger partial charge on any atom is 0.250 e. The first-order valence-corrected chi connectivity index (χ1v) is 14.3. The summed E-state index contributed by atoms with van der Waals surface area (Å²) in [6, 6.07) is 25.8. The topological polar surface area (TPSA) is 54.5 Å². The van der Waals surface area contributed by atoms with Gasteiger partial charge in [0.25, 0.3) is 0 Å². The zero-order valence-electron chi connectivity index (χ0n) is 20.1. The van der Waals surface area contributed by atoms with Crippen molar-refractivity contribution in [3.63, 3.8) is 0 Å². The van der Waals surface area contributed by atoms with Crippen LogP contribution in [0, 0.1) is 0 Å². The van der Waals surface area contributed by atoms with Gasteiger partial charge in [-0.3, -0.25) is 0 Å². The van der Waals surface area contributed by atoms with Crippen molar-refractivity contribution in [3.05, 3.63) is 95.7 Å². The number of aliphatic hydroxyl groups excluding tert-OH is 1. The van der Waals surface area contributed by atoms with Crippen LogP contribution in [0.25, 0.3) is 10.9 Å². The van der Waals surface area contributed by atoms with Crippen LogP contribution in [0.5, 0.6) is 11.5 Å². The summed E-state index contributed by atoms with van der Waals surface area (Å²) in [4.78, 5) is 3.35. The van der Waals surface area contributed by atoms with Crippen LogP contribution >= 0.6 is 0 Å². The number of benzene rings is 3. The van der Waals surface area contributed by atoms with E-state index >= 15 is 0 Å². The molecule has 0 saturated heterocycles. The van der Waals surface area contributed by atoms with Crippen LogP contribution < -0.4 is 9.16 Å². The number of fused-ring (bicyclic) bond motifs is 1. The first-order chi connectivity index (χ1) is 15.6. The highest BCUT2D eigenvalue weighted by atomic mass is 28.4. The van der Waals surface area contributed by atoms with Gasteiger partial charge in [-0.2, -0.15) is 0 Å². The SMILES string of the molecule is CC(C)(C)[Si](C)(C)Oc1ccc2[nH]c(C(O)c3ccc(OCc4ccccc4)cc3)cc2c1. The molecular weight excluding hydrogens is 426 g/mol. The number of nitrogens with one attached hydrogen (secondary N) is 1.